The fourth-order valence-electron chi connectivity index (χ4n) is 1.70. The summed E-state index contributed by atoms with van der Waals surface area (Å²) in [6.45, 7) is 0.856. The van der Waals surface area contributed by atoms with Crippen LogP contribution < -0.4 is 0 Å². The van der Waals surface area contributed by atoms with E-state index in [0.717, 1.165) is 31.6 Å². The molecule has 0 spiro atoms. The molecular formula is C9H11NO2. The van der Waals surface area contributed by atoms with E-state index in [9.17, 15) is 4.79 Å². The molecule has 2 heterocycles. The molecule has 1 aliphatic heterocycles. The van der Waals surface area contributed by atoms with Crippen LogP contribution in [0.3, 0.4) is 0 Å². The molecule has 0 radical (unpaired) electrons. The monoisotopic (exact) mass is 165 g/mol. The number of hydrogen-bond donors (Lipinski definition) is 0. The van der Waals surface area contributed by atoms with Gasteiger partial charge in [-0.05, 0) is 25.0 Å². The van der Waals surface area contributed by atoms with Crippen LogP contribution in [0.1, 0.15) is 24.6 Å². The molecule has 2 rings (SSSR count). The number of likely N-dealkylation sites (tertiary alicyclic amines) is 1. The van der Waals surface area contributed by atoms with Crippen molar-refractivity contribution in [3.05, 3.63) is 24.2 Å². The summed E-state index contributed by atoms with van der Waals surface area (Å²) in [5, 5.41) is 0. The molecule has 1 amide bonds. The first-order valence-electron chi connectivity index (χ1n) is 4.16. The van der Waals surface area contributed by atoms with Gasteiger partial charge in [0.15, 0.2) is 0 Å². The summed E-state index contributed by atoms with van der Waals surface area (Å²) in [5.74, 6) is 0.902. The summed E-state index contributed by atoms with van der Waals surface area (Å²) in [6, 6.07) is 3.96. The molecule has 1 saturated heterocycles. The van der Waals surface area contributed by atoms with E-state index in [-0.39, 0.29) is 6.04 Å². The first-order valence-corrected chi connectivity index (χ1v) is 4.16. The number of amides is 1. The van der Waals surface area contributed by atoms with Crippen LogP contribution in [0.25, 0.3) is 0 Å². The number of carbonyl (C=O) groups excluding carboxylic acids is 1. The molecule has 3 heteroatoms. The minimum atomic E-state index is 0.178. The Labute approximate surface area is 71.0 Å². The molecule has 1 aromatic heterocycles. The molecular weight excluding hydrogens is 154 g/mol. The molecule has 12 heavy (non-hydrogen) atoms. The van der Waals surface area contributed by atoms with Crippen molar-refractivity contribution in [3.63, 3.8) is 0 Å². The molecule has 1 atom stereocenters. The average Bonchev–Trinajstić information content (AvgIpc) is 2.74. The van der Waals surface area contributed by atoms with E-state index in [1.165, 1.54) is 0 Å². The molecule has 1 aromatic rings. The number of rotatable bonds is 2. The average molecular weight is 165 g/mol. The third-order valence-corrected chi connectivity index (χ3v) is 2.30. The topological polar surface area (TPSA) is 33.5 Å². The van der Waals surface area contributed by atoms with Gasteiger partial charge in [-0.3, -0.25) is 4.79 Å². The fraction of sp³-hybridized carbons (Fsp3) is 0.444. The van der Waals surface area contributed by atoms with E-state index in [0.29, 0.717) is 0 Å². The van der Waals surface area contributed by atoms with Gasteiger partial charge in [0.2, 0.25) is 6.41 Å². The largest absolute Gasteiger partial charge is 0.467 e. The first kappa shape index (κ1) is 7.40. The van der Waals surface area contributed by atoms with Crippen molar-refractivity contribution in [2.75, 3.05) is 6.54 Å². The van der Waals surface area contributed by atoms with E-state index in [2.05, 4.69) is 0 Å². The molecule has 1 fully saturated rings. The molecule has 0 aromatic carbocycles. The first-order chi connectivity index (χ1) is 5.92. The van der Waals surface area contributed by atoms with Crippen LogP contribution >= 0.6 is 0 Å². The van der Waals surface area contributed by atoms with Crippen LogP contribution in [0.2, 0.25) is 0 Å². The van der Waals surface area contributed by atoms with Gasteiger partial charge in [0, 0.05) is 6.54 Å². The van der Waals surface area contributed by atoms with Crippen LogP contribution in [0.15, 0.2) is 22.8 Å². The van der Waals surface area contributed by atoms with Crippen molar-refractivity contribution in [3.8, 4) is 0 Å². The van der Waals surface area contributed by atoms with Crippen molar-refractivity contribution in [1.29, 1.82) is 0 Å². The Hall–Kier alpha value is -1.25. The zero-order chi connectivity index (χ0) is 8.39. The standard InChI is InChI=1S/C9H11NO2/c11-7-10-5-1-3-8(10)9-4-2-6-12-9/h2,4,6-8H,1,3,5H2/t8-/m1/s1. The predicted octanol–water partition coefficient (Wildman–Crippen LogP) is 1.57. The van der Waals surface area contributed by atoms with Crippen molar-refractivity contribution < 1.29 is 9.21 Å². The molecule has 1 aliphatic rings. The van der Waals surface area contributed by atoms with Crippen molar-refractivity contribution in [2.24, 2.45) is 0 Å². The highest BCUT2D eigenvalue weighted by Crippen LogP contribution is 2.30. The summed E-state index contributed by atoms with van der Waals surface area (Å²) < 4.78 is 5.25. The summed E-state index contributed by atoms with van der Waals surface area (Å²) in [7, 11) is 0. The van der Waals surface area contributed by atoms with Gasteiger partial charge in [0.05, 0.1) is 12.3 Å². The van der Waals surface area contributed by atoms with Gasteiger partial charge < -0.3 is 9.32 Å². The van der Waals surface area contributed by atoms with E-state index in [1.807, 2.05) is 12.1 Å². The number of hydrogen-bond acceptors (Lipinski definition) is 2. The van der Waals surface area contributed by atoms with Gasteiger partial charge in [-0.15, -0.1) is 0 Å². The lowest BCUT2D eigenvalue weighted by Gasteiger charge is -2.16. The third kappa shape index (κ3) is 1.11. The van der Waals surface area contributed by atoms with Gasteiger partial charge in [0.25, 0.3) is 0 Å². The second-order valence-corrected chi connectivity index (χ2v) is 3.02. The molecule has 64 valence electrons. The van der Waals surface area contributed by atoms with E-state index >= 15 is 0 Å². The lowest BCUT2D eigenvalue weighted by molar-refractivity contribution is -0.119. The highest BCUT2D eigenvalue weighted by Gasteiger charge is 2.26. The van der Waals surface area contributed by atoms with E-state index in [1.54, 1.807) is 11.2 Å². The van der Waals surface area contributed by atoms with E-state index in [4.69, 9.17) is 4.42 Å². The predicted molar refractivity (Wildman–Crippen MR) is 43.5 cm³/mol. The zero-order valence-corrected chi connectivity index (χ0v) is 6.77. The maximum atomic E-state index is 10.6. The Morgan fingerprint density at radius 2 is 2.58 bits per heavy atom. The minimum Gasteiger partial charge on any atom is -0.467 e. The van der Waals surface area contributed by atoms with Crippen molar-refractivity contribution >= 4 is 6.41 Å². The molecule has 0 saturated carbocycles. The summed E-state index contributed by atoms with van der Waals surface area (Å²) >= 11 is 0. The molecule has 3 nitrogen and oxygen atoms in total. The highest BCUT2D eigenvalue weighted by atomic mass is 16.3. The Bertz CT molecular complexity index is 256. The number of nitrogens with zero attached hydrogens (tertiary/aromatic N) is 1. The van der Waals surface area contributed by atoms with Gasteiger partial charge in [-0.2, -0.15) is 0 Å². The van der Waals surface area contributed by atoms with Crippen molar-refractivity contribution in [2.45, 2.75) is 18.9 Å². The highest BCUT2D eigenvalue weighted by molar-refractivity contribution is 5.49. The second-order valence-electron chi connectivity index (χ2n) is 3.02. The molecule has 0 aliphatic carbocycles. The third-order valence-electron chi connectivity index (χ3n) is 2.30. The zero-order valence-electron chi connectivity index (χ0n) is 6.77. The number of carbonyl (C=O) groups is 1. The Morgan fingerprint density at radius 3 is 3.25 bits per heavy atom. The lowest BCUT2D eigenvalue weighted by atomic mass is 10.2. The second kappa shape index (κ2) is 3.01. The van der Waals surface area contributed by atoms with Crippen LogP contribution in [0.5, 0.6) is 0 Å². The van der Waals surface area contributed by atoms with Gasteiger partial charge >= 0.3 is 0 Å². The SMILES string of the molecule is O=CN1CCC[C@@H]1c1ccco1. The van der Waals surface area contributed by atoms with Crippen molar-refractivity contribution in [1.82, 2.24) is 4.90 Å². The van der Waals surface area contributed by atoms with Crippen LogP contribution in [0, 0.1) is 0 Å². The minimum absolute atomic E-state index is 0.178. The van der Waals surface area contributed by atoms with Gasteiger partial charge in [0.1, 0.15) is 5.76 Å². The van der Waals surface area contributed by atoms with Crippen LogP contribution in [-0.4, -0.2) is 17.9 Å². The summed E-state index contributed by atoms with van der Waals surface area (Å²) in [5.41, 5.74) is 0. The number of furan rings is 1. The van der Waals surface area contributed by atoms with E-state index < -0.39 is 0 Å². The summed E-state index contributed by atoms with van der Waals surface area (Å²) in [6.07, 6.45) is 4.65. The Balaban J connectivity index is 2.18. The lowest BCUT2D eigenvalue weighted by Crippen LogP contribution is -2.20. The van der Waals surface area contributed by atoms with Crippen LogP contribution in [-0.2, 0) is 4.79 Å². The smallest absolute Gasteiger partial charge is 0.210 e. The Morgan fingerprint density at radius 1 is 1.67 bits per heavy atom. The Kier molecular flexibility index (Phi) is 1.86. The molecule has 0 N–H and O–H groups in total. The molecule has 0 unspecified atom stereocenters. The van der Waals surface area contributed by atoms with Crippen LogP contribution in [0.4, 0.5) is 0 Å². The fourth-order valence-corrected chi connectivity index (χ4v) is 1.70. The normalized spacial score (nSPS) is 23.0. The van der Waals surface area contributed by atoms with Gasteiger partial charge in [-0.1, -0.05) is 0 Å². The quantitative estimate of drug-likeness (QED) is 0.623. The molecule has 0 bridgehead atoms. The maximum Gasteiger partial charge on any atom is 0.210 e. The maximum absolute atomic E-state index is 10.6. The van der Waals surface area contributed by atoms with Gasteiger partial charge in [-0.25, -0.2) is 0 Å². The summed E-state index contributed by atoms with van der Waals surface area (Å²) in [4.78, 5) is 12.4.